The van der Waals surface area contributed by atoms with Gasteiger partial charge in [-0.3, -0.25) is 0 Å². The summed E-state index contributed by atoms with van der Waals surface area (Å²) >= 11 is 5.67. The van der Waals surface area contributed by atoms with E-state index in [1.165, 1.54) is 19.3 Å². The highest BCUT2D eigenvalue weighted by molar-refractivity contribution is 6.28. The quantitative estimate of drug-likeness (QED) is 0.838. The Labute approximate surface area is 89.0 Å². The van der Waals surface area contributed by atoms with E-state index in [4.69, 9.17) is 16.0 Å². The number of nitrogens with zero attached hydrogens (tertiary/aromatic N) is 1. The maximum atomic E-state index is 5.67. The predicted molar refractivity (Wildman–Crippen MR) is 56.0 cm³/mol. The van der Waals surface area contributed by atoms with E-state index in [9.17, 15) is 0 Å². The van der Waals surface area contributed by atoms with Crippen LogP contribution in [0.2, 0.25) is 5.22 Å². The van der Waals surface area contributed by atoms with Crippen molar-refractivity contribution in [3.63, 3.8) is 0 Å². The summed E-state index contributed by atoms with van der Waals surface area (Å²) in [5.74, 6) is 0.889. The number of rotatable bonds is 3. The fourth-order valence-corrected chi connectivity index (χ4v) is 1.85. The number of hydrogen-bond acceptors (Lipinski definition) is 3. The minimum atomic E-state index is 0.459. The van der Waals surface area contributed by atoms with Crippen molar-refractivity contribution in [3.05, 3.63) is 23.1 Å². The Hall–Kier alpha value is -0.510. The lowest BCUT2D eigenvalue weighted by atomic mass is 10.2. The van der Waals surface area contributed by atoms with Crippen LogP contribution in [0.25, 0.3) is 0 Å². The van der Waals surface area contributed by atoms with Crippen LogP contribution in [-0.4, -0.2) is 18.1 Å². The predicted octanol–water partition coefficient (Wildman–Crippen LogP) is 2.42. The van der Waals surface area contributed by atoms with Gasteiger partial charge in [0.25, 0.3) is 0 Å². The molecule has 1 aliphatic rings. The smallest absolute Gasteiger partial charge is 0.193 e. The highest BCUT2D eigenvalue weighted by Gasteiger charge is 2.09. The molecule has 4 heteroatoms. The Kier molecular flexibility index (Phi) is 3.45. The first-order valence-electron chi connectivity index (χ1n) is 5.07. The van der Waals surface area contributed by atoms with Crippen molar-refractivity contribution in [1.82, 2.24) is 10.4 Å². The SMILES string of the molecule is Clc1ccc(CNN2CCCCC2)o1. The Morgan fingerprint density at radius 1 is 1.29 bits per heavy atom. The normalized spacial score (nSPS) is 18.6. The lowest BCUT2D eigenvalue weighted by Crippen LogP contribution is -2.41. The summed E-state index contributed by atoms with van der Waals surface area (Å²) in [5, 5.41) is 2.71. The summed E-state index contributed by atoms with van der Waals surface area (Å²) in [6, 6.07) is 3.67. The fourth-order valence-electron chi connectivity index (χ4n) is 1.69. The molecule has 0 spiro atoms. The van der Waals surface area contributed by atoms with Crippen molar-refractivity contribution in [2.45, 2.75) is 25.8 Å². The molecular weight excluding hydrogens is 200 g/mol. The first kappa shape index (κ1) is 10.0. The van der Waals surface area contributed by atoms with Gasteiger partial charge in [0.1, 0.15) is 5.76 Å². The van der Waals surface area contributed by atoms with Gasteiger partial charge in [0, 0.05) is 13.1 Å². The van der Waals surface area contributed by atoms with Gasteiger partial charge in [-0.05, 0) is 36.6 Å². The Morgan fingerprint density at radius 3 is 2.71 bits per heavy atom. The van der Waals surface area contributed by atoms with E-state index in [-0.39, 0.29) is 0 Å². The Morgan fingerprint density at radius 2 is 2.07 bits per heavy atom. The average molecular weight is 215 g/mol. The molecule has 1 aromatic heterocycles. The van der Waals surface area contributed by atoms with Gasteiger partial charge >= 0.3 is 0 Å². The molecule has 3 nitrogen and oxygen atoms in total. The molecule has 0 aliphatic carbocycles. The molecule has 2 rings (SSSR count). The van der Waals surface area contributed by atoms with Crippen LogP contribution in [0.15, 0.2) is 16.5 Å². The lowest BCUT2D eigenvalue weighted by molar-refractivity contribution is 0.146. The largest absolute Gasteiger partial charge is 0.448 e. The highest BCUT2D eigenvalue weighted by Crippen LogP contribution is 2.13. The highest BCUT2D eigenvalue weighted by atomic mass is 35.5. The standard InChI is InChI=1S/C10H15ClN2O/c11-10-5-4-9(14-10)8-12-13-6-2-1-3-7-13/h4-5,12H,1-3,6-8H2. The molecule has 14 heavy (non-hydrogen) atoms. The van der Waals surface area contributed by atoms with Crippen molar-refractivity contribution in [2.75, 3.05) is 13.1 Å². The van der Waals surface area contributed by atoms with Crippen LogP contribution in [0.1, 0.15) is 25.0 Å². The van der Waals surface area contributed by atoms with Crippen molar-refractivity contribution < 1.29 is 4.42 Å². The van der Waals surface area contributed by atoms with Crippen molar-refractivity contribution in [3.8, 4) is 0 Å². The summed E-state index contributed by atoms with van der Waals surface area (Å²) < 4.78 is 5.25. The monoisotopic (exact) mass is 214 g/mol. The topological polar surface area (TPSA) is 28.4 Å². The molecule has 1 saturated heterocycles. The van der Waals surface area contributed by atoms with Gasteiger partial charge in [-0.1, -0.05) is 6.42 Å². The Balaban J connectivity index is 1.76. The third-order valence-corrected chi connectivity index (χ3v) is 2.66. The van der Waals surface area contributed by atoms with E-state index in [1.807, 2.05) is 6.07 Å². The Bertz CT molecular complexity index is 281. The molecule has 0 amide bonds. The maximum Gasteiger partial charge on any atom is 0.193 e. The third-order valence-electron chi connectivity index (χ3n) is 2.46. The van der Waals surface area contributed by atoms with Gasteiger partial charge in [-0.15, -0.1) is 0 Å². The second kappa shape index (κ2) is 4.82. The van der Waals surface area contributed by atoms with Crippen molar-refractivity contribution in [2.24, 2.45) is 0 Å². The number of halogens is 1. The number of furan rings is 1. The van der Waals surface area contributed by atoms with Crippen molar-refractivity contribution >= 4 is 11.6 Å². The van der Waals surface area contributed by atoms with Crippen LogP contribution in [0.4, 0.5) is 0 Å². The average Bonchev–Trinajstić information content (AvgIpc) is 2.63. The number of piperidine rings is 1. The zero-order chi connectivity index (χ0) is 9.80. The summed E-state index contributed by atoms with van der Waals surface area (Å²) in [5.41, 5.74) is 3.33. The fraction of sp³-hybridized carbons (Fsp3) is 0.600. The molecule has 1 fully saturated rings. The summed E-state index contributed by atoms with van der Waals surface area (Å²) in [6.07, 6.45) is 3.92. The molecule has 0 bridgehead atoms. The third kappa shape index (κ3) is 2.74. The van der Waals surface area contributed by atoms with Gasteiger partial charge < -0.3 is 4.42 Å². The first-order valence-corrected chi connectivity index (χ1v) is 5.45. The van der Waals surface area contributed by atoms with Crippen LogP contribution >= 0.6 is 11.6 Å². The minimum absolute atomic E-state index is 0.459. The molecule has 1 aliphatic heterocycles. The lowest BCUT2D eigenvalue weighted by Gasteiger charge is -2.26. The molecule has 0 unspecified atom stereocenters. The number of hydrogen-bond donors (Lipinski definition) is 1. The molecule has 0 aromatic carbocycles. The number of hydrazine groups is 1. The van der Waals surface area contributed by atoms with Crippen LogP contribution in [0, 0.1) is 0 Å². The second-order valence-corrected chi connectivity index (χ2v) is 3.96. The van der Waals surface area contributed by atoms with Gasteiger partial charge in [-0.25, -0.2) is 10.4 Å². The molecular formula is C10H15ClN2O. The molecule has 0 saturated carbocycles. The second-order valence-electron chi connectivity index (χ2n) is 3.59. The van der Waals surface area contributed by atoms with Crippen LogP contribution < -0.4 is 5.43 Å². The first-order chi connectivity index (χ1) is 6.84. The molecule has 1 N–H and O–H groups in total. The summed E-state index contributed by atoms with van der Waals surface area (Å²) in [6.45, 7) is 3.00. The number of nitrogens with one attached hydrogen (secondary N) is 1. The zero-order valence-corrected chi connectivity index (χ0v) is 8.89. The van der Waals surface area contributed by atoms with E-state index >= 15 is 0 Å². The van der Waals surface area contributed by atoms with E-state index < -0.39 is 0 Å². The van der Waals surface area contributed by atoms with E-state index in [2.05, 4.69) is 10.4 Å². The molecule has 78 valence electrons. The molecule has 2 heterocycles. The van der Waals surface area contributed by atoms with Crippen LogP contribution in [0.5, 0.6) is 0 Å². The minimum Gasteiger partial charge on any atom is -0.448 e. The molecule has 0 radical (unpaired) electrons. The van der Waals surface area contributed by atoms with Crippen molar-refractivity contribution in [1.29, 1.82) is 0 Å². The summed E-state index contributed by atoms with van der Waals surface area (Å²) in [4.78, 5) is 0. The summed E-state index contributed by atoms with van der Waals surface area (Å²) in [7, 11) is 0. The van der Waals surface area contributed by atoms with Crippen LogP contribution in [-0.2, 0) is 6.54 Å². The molecule has 0 atom stereocenters. The van der Waals surface area contributed by atoms with E-state index in [0.717, 1.165) is 25.4 Å². The zero-order valence-electron chi connectivity index (χ0n) is 8.13. The van der Waals surface area contributed by atoms with Gasteiger partial charge in [0.05, 0.1) is 6.54 Å². The van der Waals surface area contributed by atoms with E-state index in [1.54, 1.807) is 6.07 Å². The van der Waals surface area contributed by atoms with Gasteiger partial charge in [0.2, 0.25) is 0 Å². The van der Waals surface area contributed by atoms with Gasteiger partial charge in [0.15, 0.2) is 5.22 Å². The maximum absolute atomic E-state index is 5.67. The van der Waals surface area contributed by atoms with Crippen LogP contribution in [0.3, 0.4) is 0 Å². The molecule has 1 aromatic rings. The van der Waals surface area contributed by atoms with E-state index in [0.29, 0.717) is 5.22 Å². The van der Waals surface area contributed by atoms with Gasteiger partial charge in [-0.2, -0.15) is 0 Å².